The number of rotatable bonds is 5. The van der Waals surface area contributed by atoms with Crippen LogP contribution in [-0.4, -0.2) is 38.7 Å². The lowest BCUT2D eigenvalue weighted by Gasteiger charge is -2.31. The van der Waals surface area contributed by atoms with Crippen molar-refractivity contribution in [2.45, 2.75) is 31.7 Å². The summed E-state index contributed by atoms with van der Waals surface area (Å²) in [6, 6.07) is 9.54. The lowest BCUT2D eigenvalue weighted by Crippen LogP contribution is -2.41. The summed E-state index contributed by atoms with van der Waals surface area (Å²) in [6.07, 6.45) is 7.88. The molecule has 1 saturated heterocycles. The summed E-state index contributed by atoms with van der Waals surface area (Å²) < 4.78 is 7.65. The van der Waals surface area contributed by atoms with Gasteiger partial charge in [-0.15, -0.1) is 0 Å². The van der Waals surface area contributed by atoms with Gasteiger partial charge in [-0.1, -0.05) is 23.7 Å². The smallest absolute Gasteiger partial charge is 0.244 e. The van der Waals surface area contributed by atoms with Gasteiger partial charge in [0.15, 0.2) is 5.89 Å². The van der Waals surface area contributed by atoms with Gasteiger partial charge >= 0.3 is 0 Å². The van der Waals surface area contributed by atoms with Crippen molar-refractivity contribution in [1.82, 2.24) is 19.7 Å². The van der Waals surface area contributed by atoms with Gasteiger partial charge in [-0.2, -0.15) is 5.10 Å². The largest absolute Gasteiger partial charge is 0.445 e. The molecule has 0 saturated carbocycles. The van der Waals surface area contributed by atoms with Crippen LogP contribution in [0.1, 0.15) is 36.0 Å². The first kappa shape index (κ1) is 17.8. The third-order valence-corrected chi connectivity index (χ3v) is 5.09. The Bertz CT molecular complexity index is 889. The van der Waals surface area contributed by atoms with Gasteiger partial charge in [0.2, 0.25) is 5.91 Å². The highest BCUT2D eigenvalue weighted by Gasteiger charge is 2.28. The van der Waals surface area contributed by atoms with E-state index in [1.54, 1.807) is 23.3 Å². The molecule has 1 fully saturated rings. The van der Waals surface area contributed by atoms with Crippen LogP contribution < -0.4 is 0 Å². The zero-order chi connectivity index (χ0) is 18.6. The van der Waals surface area contributed by atoms with Crippen LogP contribution in [0.15, 0.2) is 53.3 Å². The van der Waals surface area contributed by atoms with Crippen LogP contribution in [-0.2, 0) is 17.8 Å². The number of halogens is 1. The fourth-order valence-corrected chi connectivity index (χ4v) is 3.56. The Kier molecular flexibility index (Phi) is 5.25. The molecule has 27 heavy (non-hydrogen) atoms. The summed E-state index contributed by atoms with van der Waals surface area (Å²) in [5.74, 6) is 1.76. The van der Waals surface area contributed by atoms with E-state index in [9.17, 15) is 4.79 Å². The Hall–Kier alpha value is -2.60. The quantitative estimate of drug-likeness (QED) is 0.675. The van der Waals surface area contributed by atoms with Crippen LogP contribution >= 0.6 is 11.6 Å². The summed E-state index contributed by atoms with van der Waals surface area (Å²) in [5, 5.41) is 4.83. The SMILES string of the molecule is O=C(Cn1cccn1)N1CCC[C@@H](c2ncc(Cc3ccc(Cl)cc3)o2)C1. The predicted octanol–water partition coefficient (Wildman–Crippen LogP) is 3.52. The van der Waals surface area contributed by atoms with Crippen LogP contribution in [0.3, 0.4) is 0 Å². The topological polar surface area (TPSA) is 64.2 Å². The monoisotopic (exact) mass is 384 g/mol. The van der Waals surface area contributed by atoms with Crippen molar-refractivity contribution in [3.8, 4) is 0 Å². The van der Waals surface area contributed by atoms with Gasteiger partial charge in [-0.3, -0.25) is 9.48 Å². The van der Waals surface area contributed by atoms with E-state index >= 15 is 0 Å². The number of carbonyl (C=O) groups excluding carboxylic acids is 1. The molecule has 2 aromatic heterocycles. The highest BCUT2D eigenvalue weighted by molar-refractivity contribution is 6.30. The van der Waals surface area contributed by atoms with E-state index in [4.69, 9.17) is 16.0 Å². The van der Waals surface area contributed by atoms with Crippen molar-refractivity contribution in [2.24, 2.45) is 0 Å². The number of hydrogen-bond acceptors (Lipinski definition) is 4. The molecule has 3 aromatic rings. The fraction of sp³-hybridized carbons (Fsp3) is 0.350. The summed E-state index contributed by atoms with van der Waals surface area (Å²) in [5.41, 5.74) is 1.13. The van der Waals surface area contributed by atoms with Gasteiger partial charge < -0.3 is 9.32 Å². The minimum Gasteiger partial charge on any atom is -0.445 e. The molecule has 0 unspecified atom stereocenters. The van der Waals surface area contributed by atoms with Crippen molar-refractivity contribution in [3.63, 3.8) is 0 Å². The molecule has 0 bridgehead atoms. The molecule has 4 rings (SSSR count). The highest BCUT2D eigenvalue weighted by atomic mass is 35.5. The number of hydrogen-bond donors (Lipinski definition) is 0. The maximum Gasteiger partial charge on any atom is 0.244 e. The van der Waals surface area contributed by atoms with Crippen LogP contribution in [0, 0.1) is 0 Å². The Labute approximate surface area is 162 Å². The van der Waals surface area contributed by atoms with Crippen molar-refractivity contribution < 1.29 is 9.21 Å². The maximum absolute atomic E-state index is 12.5. The molecule has 0 aliphatic carbocycles. The van der Waals surface area contributed by atoms with E-state index in [1.165, 1.54) is 0 Å². The molecule has 1 amide bonds. The maximum atomic E-state index is 12.5. The van der Waals surface area contributed by atoms with Gasteiger partial charge in [0.1, 0.15) is 12.3 Å². The second-order valence-corrected chi connectivity index (χ2v) is 7.29. The first-order valence-corrected chi connectivity index (χ1v) is 9.49. The molecular formula is C20H21ClN4O2. The molecule has 0 N–H and O–H groups in total. The zero-order valence-corrected chi connectivity index (χ0v) is 15.7. The molecular weight excluding hydrogens is 364 g/mol. The third kappa shape index (κ3) is 4.39. The van der Waals surface area contributed by atoms with E-state index in [0.29, 0.717) is 13.0 Å². The summed E-state index contributed by atoms with van der Waals surface area (Å²) in [7, 11) is 0. The Morgan fingerprint density at radius 1 is 1.30 bits per heavy atom. The van der Waals surface area contributed by atoms with Crippen LogP contribution in [0.4, 0.5) is 0 Å². The molecule has 1 atom stereocenters. The number of benzene rings is 1. The van der Waals surface area contributed by atoms with Gasteiger partial charge in [-0.25, -0.2) is 4.98 Å². The molecule has 7 heteroatoms. The van der Waals surface area contributed by atoms with Crippen LogP contribution in [0.25, 0.3) is 0 Å². The van der Waals surface area contributed by atoms with E-state index in [-0.39, 0.29) is 18.4 Å². The first-order chi connectivity index (χ1) is 13.2. The molecule has 0 radical (unpaired) electrons. The van der Waals surface area contributed by atoms with E-state index < -0.39 is 0 Å². The number of nitrogens with zero attached hydrogens (tertiary/aromatic N) is 4. The van der Waals surface area contributed by atoms with Crippen molar-refractivity contribution in [3.05, 3.63) is 71.2 Å². The molecule has 1 aliphatic rings. The normalized spacial score (nSPS) is 17.2. The standard InChI is InChI=1S/C20H21ClN4O2/c21-17-6-4-15(5-7-17)11-18-12-22-20(27-18)16-3-1-9-24(13-16)19(26)14-25-10-2-8-23-25/h2,4-8,10,12,16H,1,3,9,11,13-14H2/t16-/m1/s1. The molecule has 1 aromatic carbocycles. The minimum atomic E-state index is 0.0799. The summed E-state index contributed by atoms with van der Waals surface area (Å²) in [6.45, 7) is 1.68. The molecule has 0 spiro atoms. The van der Waals surface area contributed by atoms with Crippen LogP contribution in [0.5, 0.6) is 0 Å². The highest BCUT2D eigenvalue weighted by Crippen LogP contribution is 2.27. The number of aromatic nitrogens is 3. The fourth-order valence-electron chi connectivity index (χ4n) is 3.43. The van der Waals surface area contributed by atoms with Gasteiger partial charge in [0.25, 0.3) is 0 Å². The molecule has 1 aliphatic heterocycles. The number of amides is 1. The van der Waals surface area contributed by atoms with Gasteiger partial charge in [-0.05, 0) is 36.6 Å². The summed E-state index contributed by atoms with van der Waals surface area (Å²) >= 11 is 5.93. The van der Waals surface area contributed by atoms with Gasteiger partial charge in [0.05, 0.1) is 12.1 Å². The zero-order valence-electron chi connectivity index (χ0n) is 14.9. The lowest BCUT2D eigenvalue weighted by molar-refractivity contribution is -0.133. The van der Waals surface area contributed by atoms with Crippen molar-refractivity contribution in [2.75, 3.05) is 13.1 Å². The van der Waals surface area contributed by atoms with E-state index in [2.05, 4.69) is 10.1 Å². The van der Waals surface area contributed by atoms with E-state index in [1.807, 2.05) is 35.2 Å². The number of oxazole rings is 1. The van der Waals surface area contributed by atoms with Gasteiger partial charge in [0, 0.05) is 36.9 Å². The molecule has 140 valence electrons. The number of carbonyl (C=O) groups is 1. The second kappa shape index (κ2) is 7.96. The van der Waals surface area contributed by atoms with Crippen molar-refractivity contribution in [1.29, 1.82) is 0 Å². The van der Waals surface area contributed by atoms with E-state index in [0.717, 1.165) is 41.6 Å². The average Bonchev–Trinajstić information content (AvgIpc) is 3.36. The van der Waals surface area contributed by atoms with Crippen LogP contribution in [0.2, 0.25) is 5.02 Å². The third-order valence-electron chi connectivity index (χ3n) is 4.84. The molecule has 3 heterocycles. The average molecular weight is 385 g/mol. The second-order valence-electron chi connectivity index (χ2n) is 6.85. The Balaban J connectivity index is 1.39. The minimum absolute atomic E-state index is 0.0799. The number of likely N-dealkylation sites (tertiary alicyclic amines) is 1. The Morgan fingerprint density at radius 2 is 2.15 bits per heavy atom. The predicted molar refractivity (Wildman–Crippen MR) is 102 cm³/mol. The first-order valence-electron chi connectivity index (χ1n) is 9.11. The number of piperidine rings is 1. The Morgan fingerprint density at radius 3 is 2.93 bits per heavy atom. The lowest BCUT2D eigenvalue weighted by atomic mass is 9.98. The summed E-state index contributed by atoms with van der Waals surface area (Å²) in [4.78, 5) is 18.9. The van der Waals surface area contributed by atoms with Crippen molar-refractivity contribution >= 4 is 17.5 Å². The molecule has 6 nitrogen and oxygen atoms in total.